The lowest BCUT2D eigenvalue weighted by Gasteiger charge is -2.00. The van der Waals surface area contributed by atoms with E-state index in [4.69, 9.17) is 23.2 Å². The van der Waals surface area contributed by atoms with Crippen LogP contribution in [-0.2, 0) is 0 Å². The number of halogens is 2. The minimum absolute atomic E-state index is 0.215. The maximum absolute atomic E-state index is 9.99. The van der Waals surface area contributed by atoms with E-state index in [9.17, 15) is 4.91 Å². The van der Waals surface area contributed by atoms with E-state index in [1.165, 1.54) is 6.20 Å². The number of hydrogen-bond donors (Lipinski definition) is 0. The van der Waals surface area contributed by atoms with Crippen LogP contribution in [0.4, 0.5) is 0 Å². The van der Waals surface area contributed by atoms with Gasteiger partial charge < -0.3 is 0 Å². The van der Waals surface area contributed by atoms with Crippen molar-refractivity contribution in [2.24, 2.45) is 5.18 Å². The minimum Gasteiger partial charge on any atom is -0.244 e. The van der Waals surface area contributed by atoms with Gasteiger partial charge in [-0.25, -0.2) is 4.98 Å². The molecule has 0 saturated heterocycles. The van der Waals surface area contributed by atoms with E-state index in [-0.39, 0.29) is 5.15 Å². The van der Waals surface area contributed by atoms with Gasteiger partial charge >= 0.3 is 0 Å². The lowest BCUT2D eigenvalue weighted by Crippen LogP contribution is -1.88. The summed E-state index contributed by atoms with van der Waals surface area (Å²) in [4.78, 5) is 13.7. The van der Waals surface area contributed by atoms with E-state index >= 15 is 0 Å². The van der Waals surface area contributed by atoms with Gasteiger partial charge in [0.1, 0.15) is 5.15 Å². The molecule has 1 heterocycles. The Morgan fingerprint density at radius 2 is 2.36 bits per heavy atom. The molecule has 1 rings (SSSR count). The Kier molecular flexibility index (Phi) is 2.79. The maximum Gasteiger partial charge on any atom is 0.193 e. The standard InChI is InChI=1S/C6H4Cl2N2O/c7-5-4(6(8)10-11)2-1-3-9-5/h1-3,6H. The molecule has 5 heteroatoms. The molecule has 1 aromatic heterocycles. The van der Waals surface area contributed by atoms with E-state index in [0.717, 1.165) is 0 Å². The molecule has 0 fully saturated rings. The van der Waals surface area contributed by atoms with Crippen LogP contribution in [0.1, 0.15) is 11.1 Å². The topological polar surface area (TPSA) is 42.3 Å². The third kappa shape index (κ3) is 1.88. The van der Waals surface area contributed by atoms with Crippen molar-refractivity contribution < 1.29 is 0 Å². The van der Waals surface area contributed by atoms with Gasteiger partial charge in [0.25, 0.3) is 0 Å². The first-order valence-electron chi connectivity index (χ1n) is 2.82. The highest BCUT2D eigenvalue weighted by molar-refractivity contribution is 6.31. The number of nitrogens with zero attached hydrogens (tertiary/aromatic N) is 2. The molecule has 0 aliphatic carbocycles. The highest BCUT2D eigenvalue weighted by Gasteiger charge is 2.10. The molecule has 0 spiro atoms. The Hall–Kier alpha value is -0.670. The van der Waals surface area contributed by atoms with Crippen molar-refractivity contribution >= 4 is 23.2 Å². The largest absolute Gasteiger partial charge is 0.244 e. The van der Waals surface area contributed by atoms with Crippen molar-refractivity contribution in [1.29, 1.82) is 0 Å². The van der Waals surface area contributed by atoms with Gasteiger partial charge in [-0.3, -0.25) is 0 Å². The van der Waals surface area contributed by atoms with Gasteiger partial charge in [-0.05, 0) is 11.2 Å². The van der Waals surface area contributed by atoms with Crippen molar-refractivity contribution in [2.75, 3.05) is 0 Å². The van der Waals surface area contributed by atoms with Gasteiger partial charge in [0.05, 0.1) is 0 Å². The van der Waals surface area contributed by atoms with Crippen LogP contribution in [0.5, 0.6) is 0 Å². The van der Waals surface area contributed by atoms with Crippen LogP contribution < -0.4 is 0 Å². The first-order chi connectivity index (χ1) is 5.25. The number of aromatic nitrogens is 1. The molecule has 11 heavy (non-hydrogen) atoms. The second-order valence-corrected chi connectivity index (χ2v) is 2.60. The normalized spacial score (nSPS) is 12.5. The summed E-state index contributed by atoms with van der Waals surface area (Å²) in [5, 5.41) is 2.83. The van der Waals surface area contributed by atoms with Crippen LogP contribution >= 0.6 is 23.2 Å². The molecule has 0 aliphatic rings. The van der Waals surface area contributed by atoms with Crippen LogP contribution in [0.15, 0.2) is 23.5 Å². The number of nitroso groups, excluding NO2 is 1. The first-order valence-corrected chi connectivity index (χ1v) is 3.64. The van der Waals surface area contributed by atoms with Crippen LogP contribution in [0.3, 0.4) is 0 Å². The second kappa shape index (κ2) is 3.64. The monoisotopic (exact) mass is 190 g/mol. The predicted molar refractivity (Wildman–Crippen MR) is 43.6 cm³/mol. The Labute approximate surface area is 73.3 Å². The van der Waals surface area contributed by atoms with Crippen molar-refractivity contribution in [1.82, 2.24) is 4.98 Å². The third-order valence-corrected chi connectivity index (χ3v) is 1.77. The molecular weight excluding hydrogens is 187 g/mol. The van der Waals surface area contributed by atoms with Crippen LogP contribution in [0.25, 0.3) is 0 Å². The summed E-state index contributed by atoms with van der Waals surface area (Å²) in [7, 11) is 0. The number of pyridine rings is 1. The highest BCUT2D eigenvalue weighted by Crippen LogP contribution is 2.26. The highest BCUT2D eigenvalue weighted by atomic mass is 35.5. The van der Waals surface area contributed by atoms with Gasteiger partial charge in [-0.15, -0.1) is 4.91 Å². The number of alkyl halides is 1. The van der Waals surface area contributed by atoms with Gasteiger partial charge in [-0.1, -0.05) is 29.3 Å². The second-order valence-electron chi connectivity index (χ2n) is 1.82. The minimum atomic E-state index is -0.948. The zero-order valence-electron chi connectivity index (χ0n) is 5.37. The predicted octanol–water partition coefficient (Wildman–Crippen LogP) is 2.74. The average molecular weight is 191 g/mol. The molecule has 1 unspecified atom stereocenters. The van der Waals surface area contributed by atoms with Crippen LogP contribution in [0.2, 0.25) is 5.15 Å². The fourth-order valence-electron chi connectivity index (χ4n) is 0.633. The third-order valence-electron chi connectivity index (χ3n) is 1.14. The molecule has 0 saturated carbocycles. The van der Waals surface area contributed by atoms with Crippen molar-refractivity contribution in [3.8, 4) is 0 Å². The lowest BCUT2D eigenvalue weighted by atomic mass is 10.3. The Morgan fingerprint density at radius 1 is 1.64 bits per heavy atom. The summed E-state index contributed by atoms with van der Waals surface area (Å²) < 4.78 is 0. The molecule has 0 aliphatic heterocycles. The van der Waals surface area contributed by atoms with Gasteiger partial charge in [-0.2, -0.15) is 0 Å². The van der Waals surface area contributed by atoms with Crippen molar-refractivity contribution in [2.45, 2.75) is 5.50 Å². The summed E-state index contributed by atoms with van der Waals surface area (Å²) in [5.74, 6) is 0. The first kappa shape index (κ1) is 8.43. The van der Waals surface area contributed by atoms with E-state index in [1.807, 2.05) is 0 Å². The molecule has 0 amide bonds. The summed E-state index contributed by atoms with van der Waals surface area (Å²) in [6.07, 6.45) is 1.51. The molecular formula is C6H4Cl2N2O. The smallest absolute Gasteiger partial charge is 0.193 e. The molecule has 0 aromatic carbocycles. The van der Waals surface area contributed by atoms with E-state index in [0.29, 0.717) is 5.56 Å². The Balaban J connectivity index is 3.02. The lowest BCUT2D eigenvalue weighted by molar-refractivity contribution is 0.989. The number of hydrogen-bond acceptors (Lipinski definition) is 3. The molecule has 58 valence electrons. The quantitative estimate of drug-likeness (QED) is 0.312. The zero-order valence-corrected chi connectivity index (χ0v) is 6.88. The molecule has 1 atom stereocenters. The van der Waals surface area contributed by atoms with E-state index in [1.54, 1.807) is 12.1 Å². The zero-order chi connectivity index (χ0) is 8.27. The summed E-state index contributed by atoms with van der Waals surface area (Å²) in [5.41, 5.74) is -0.512. The Bertz CT molecular complexity index is 267. The number of rotatable bonds is 2. The van der Waals surface area contributed by atoms with Crippen LogP contribution in [0, 0.1) is 4.91 Å². The molecule has 0 N–H and O–H groups in total. The van der Waals surface area contributed by atoms with Gasteiger partial charge in [0.2, 0.25) is 0 Å². The SMILES string of the molecule is O=NC(Cl)c1cccnc1Cl. The van der Waals surface area contributed by atoms with Crippen molar-refractivity contribution in [3.63, 3.8) is 0 Å². The summed E-state index contributed by atoms with van der Waals surface area (Å²) in [6.45, 7) is 0. The Morgan fingerprint density at radius 3 is 2.91 bits per heavy atom. The molecule has 1 aromatic rings. The molecule has 3 nitrogen and oxygen atoms in total. The molecule has 0 radical (unpaired) electrons. The van der Waals surface area contributed by atoms with Gasteiger partial charge in [0.15, 0.2) is 5.50 Å². The summed E-state index contributed by atoms with van der Waals surface area (Å²) >= 11 is 11.1. The van der Waals surface area contributed by atoms with Crippen LogP contribution in [-0.4, -0.2) is 4.98 Å². The summed E-state index contributed by atoms with van der Waals surface area (Å²) in [6, 6.07) is 3.25. The van der Waals surface area contributed by atoms with Gasteiger partial charge in [0, 0.05) is 11.8 Å². The molecule has 0 bridgehead atoms. The van der Waals surface area contributed by atoms with E-state index < -0.39 is 5.50 Å². The maximum atomic E-state index is 9.99. The average Bonchev–Trinajstić information content (AvgIpc) is 2.04. The van der Waals surface area contributed by atoms with Crippen molar-refractivity contribution in [3.05, 3.63) is 34.0 Å². The fourth-order valence-corrected chi connectivity index (χ4v) is 1.09. The fraction of sp³-hybridized carbons (Fsp3) is 0.167. The van der Waals surface area contributed by atoms with E-state index in [2.05, 4.69) is 10.2 Å².